The third-order valence-corrected chi connectivity index (χ3v) is 4.28. The summed E-state index contributed by atoms with van der Waals surface area (Å²) in [5.41, 5.74) is 1.30. The van der Waals surface area contributed by atoms with E-state index in [1.165, 1.54) is 6.26 Å². The van der Waals surface area contributed by atoms with Crippen LogP contribution in [0.1, 0.15) is 47.3 Å². The van der Waals surface area contributed by atoms with Crippen molar-refractivity contribution >= 4 is 5.91 Å². The maximum Gasteiger partial charge on any atom is 0.257 e. The average Bonchev–Trinajstić information content (AvgIpc) is 3.25. The van der Waals surface area contributed by atoms with Crippen molar-refractivity contribution in [2.45, 2.75) is 32.9 Å². The number of nitrogens with zero attached hydrogens (tertiary/aromatic N) is 3. The Bertz CT molecular complexity index is 701. The summed E-state index contributed by atoms with van der Waals surface area (Å²) in [5.74, 6) is 1.80. The van der Waals surface area contributed by atoms with Crippen molar-refractivity contribution in [1.82, 2.24) is 15.0 Å². The summed E-state index contributed by atoms with van der Waals surface area (Å²) in [5, 5.41) is 4.03. The molecule has 136 valence electrons. The van der Waals surface area contributed by atoms with Gasteiger partial charge in [0.25, 0.3) is 5.91 Å². The Hall–Kier alpha value is -2.12. The topological polar surface area (TPSA) is 72.0 Å². The molecule has 1 aliphatic rings. The fourth-order valence-corrected chi connectivity index (χ4v) is 2.77. The standard InChI is InChI=1S/C18H25N3O4/c1-13(2)17-9-15(19-25-17)10-20(3)18(22)14-8-16(24-12-14)11-21-4-6-23-7-5-21/h8-9,12-13H,4-7,10-11H2,1-3H3. The van der Waals surface area contributed by atoms with Gasteiger partial charge in [0.1, 0.15) is 23.5 Å². The molecule has 0 radical (unpaired) electrons. The number of carbonyl (C=O) groups is 1. The fraction of sp³-hybridized carbons (Fsp3) is 0.556. The predicted octanol–water partition coefficient (Wildman–Crippen LogP) is 2.50. The van der Waals surface area contributed by atoms with Gasteiger partial charge in [0.2, 0.25) is 0 Å². The smallest absolute Gasteiger partial charge is 0.257 e. The molecule has 0 spiro atoms. The van der Waals surface area contributed by atoms with Crippen LogP contribution in [0.25, 0.3) is 0 Å². The molecule has 1 amide bonds. The molecule has 3 heterocycles. The molecule has 2 aromatic heterocycles. The van der Waals surface area contributed by atoms with Crippen molar-refractivity contribution in [3.05, 3.63) is 41.2 Å². The van der Waals surface area contributed by atoms with E-state index < -0.39 is 0 Å². The van der Waals surface area contributed by atoms with E-state index in [0.29, 0.717) is 18.7 Å². The van der Waals surface area contributed by atoms with E-state index in [1.54, 1.807) is 11.9 Å². The average molecular weight is 347 g/mol. The molecule has 0 N–H and O–H groups in total. The fourth-order valence-electron chi connectivity index (χ4n) is 2.77. The molecule has 0 unspecified atom stereocenters. The maximum absolute atomic E-state index is 12.6. The molecule has 1 saturated heterocycles. The Morgan fingerprint density at radius 1 is 1.32 bits per heavy atom. The highest BCUT2D eigenvalue weighted by Crippen LogP contribution is 2.17. The minimum Gasteiger partial charge on any atom is -0.467 e. The van der Waals surface area contributed by atoms with Gasteiger partial charge < -0.3 is 18.6 Å². The molecular formula is C18H25N3O4. The lowest BCUT2D eigenvalue weighted by atomic mass is 10.1. The van der Waals surface area contributed by atoms with E-state index in [4.69, 9.17) is 13.7 Å². The number of amides is 1. The first-order valence-electron chi connectivity index (χ1n) is 8.61. The van der Waals surface area contributed by atoms with Crippen LogP contribution in [0.2, 0.25) is 0 Å². The summed E-state index contributed by atoms with van der Waals surface area (Å²) in [4.78, 5) is 16.4. The SMILES string of the molecule is CC(C)c1cc(CN(C)C(=O)c2coc(CN3CCOCC3)c2)no1. The molecule has 0 bridgehead atoms. The van der Waals surface area contributed by atoms with E-state index >= 15 is 0 Å². The number of hydrogen-bond acceptors (Lipinski definition) is 6. The zero-order valence-corrected chi connectivity index (χ0v) is 15.0. The van der Waals surface area contributed by atoms with Crippen LogP contribution in [0.4, 0.5) is 0 Å². The van der Waals surface area contributed by atoms with Gasteiger partial charge in [-0.1, -0.05) is 19.0 Å². The van der Waals surface area contributed by atoms with Gasteiger partial charge in [-0.05, 0) is 6.07 Å². The van der Waals surface area contributed by atoms with Crippen LogP contribution in [0, 0.1) is 0 Å². The first kappa shape index (κ1) is 17.7. The van der Waals surface area contributed by atoms with Crippen molar-refractivity contribution in [3.8, 4) is 0 Å². The van der Waals surface area contributed by atoms with Crippen molar-refractivity contribution < 1.29 is 18.5 Å². The lowest BCUT2D eigenvalue weighted by molar-refractivity contribution is 0.0313. The number of morpholine rings is 1. The Morgan fingerprint density at radius 2 is 2.08 bits per heavy atom. The van der Waals surface area contributed by atoms with Gasteiger partial charge in [-0.2, -0.15) is 0 Å². The Morgan fingerprint density at radius 3 is 2.76 bits per heavy atom. The molecule has 1 fully saturated rings. The zero-order valence-electron chi connectivity index (χ0n) is 15.0. The van der Waals surface area contributed by atoms with Gasteiger partial charge in [-0.15, -0.1) is 0 Å². The van der Waals surface area contributed by atoms with E-state index in [2.05, 4.69) is 10.1 Å². The van der Waals surface area contributed by atoms with Crippen LogP contribution in [-0.2, 0) is 17.8 Å². The number of aromatic nitrogens is 1. The molecule has 0 aliphatic carbocycles. The zero-order chi connectivity index (χ0) is 17.8. The molecular weight excluding hydrogens is 322 g/mol. The van der Waals surface area contributed by atoms with Gasteiger partial charge in [0.05, 0.1) is 31.9 Å². The molecule has 1 aliphatic heterocycles. The Balaban J connectivity index is 1.58. The summed E-state index contributed by atoms with van der Waals surface area (Å²) in [7, 11) is 1.75. The van der Waals surface area contributed by atoms with Gasteiger partial charge in [-0.3, -0.25) is 9.69 Å². The number of rotatable bonds is 6. The highest BCUT2D eigenvalue weighted by atomic mass is 16.5. The van der Waals surface area contributed by atoms with Crippen molar-refractivity contribution in [3.63, 3.8) is 0 Å². The van der Waals surface area contributed by atoms with Crippen LogP contribution >= 0.6 is 0 Å². The van der Waals surface area contributed by atoms with Gasteiger partial charge in [0, 0.05) is 32.1 Å². The summed E-state index contributed by atoms with van der Waals surface area (Å²) < 4.78 is 16.2. The van der Waals surface area contributed by atoms with Crippen molar-refractivity contribution in [2.75, 3.05) is 33.4 Å². The first-order chi connectivity index (χ1) is 12.0. The molecule has 0 atom stereocenters. The third-order valence-electron chi connectivity index (χ3n) is 4.28. The van der Waals surface area contributed by atoms with E-state index in [0.717, 1.165) is 43.5 Å². The minimum atomic E-state index is -0.0916. The van der Waals surface area contributed by atoms with Crippen molar-refractivity contribution in [2.24, 2.45) is 0 Å². The van der Waals surface area contributed by atoms with Gasteiger partial charge >= 0.3 is 0 Å². The lowest BCUT2D eigenvalue weighted by Gasteiger charge is -2.25. The van der Waals surface area contributed by atoms with Crippen LogP contribution < -0.4 is 0 Å². The number of ether oxygens (including phenoxy) is 1. The summed E-state index contributed by atoms with van der Waals surface area (Å²) in [6.45, 7) is 8.43. The predicted molar refractivity (Wildman–Crippen MR) is 91.2 cm³/mol. The highest BCUT2D eigenvalue weighted by Gasteiger charge is 2.19. The van der Waals surface area contributed by atoms with E-state index in [1.807, 2.05) is 26.0 Å². The van der Waals surface area contributed by atoms with Crippen LogP contribution in [0.5, 0.6) is 0 Å². The number of carbonyl (C=O) groups excluding carboxylic acids is 1. The van der Waals surface area contributed by atoms with E-state index in [-0.39, 0.29) is 11.8 Å². The molecule has 7 nitrogen and oxygen atoms in total. The second-order valence-electron chi connectivity index (χ2n) is 6.73. The monoisotopic (exact) mass is 347 g/mol. The summed E-state index contributed by atoms with van der Waals surface area (Å²) >= 11 is 0. The normalized spacial score (nSPS) is 15.7. The van der Waals surface area contributed by atoms with E-state index in [9.17, 15) is 4.79 Å². The summed E-state index contributed by atoms with van der Waals surface area (Å²) in [6, 6.07) is 3.71. The Kier molecular flexibility index (Phi) is 5.55. The Labute approximate surface area is 147 Å². The van der Waals surface area contributed by atoms with Crippen LogP contribution in [-0.4, -0.2) is 54.2 Å². The molecule has 0 aromatic carbocycles. The lowest BCUT2D eigenvalue weighted by Crippen LogP contribution is -2.35. The van der Waals surface area contributed by atoms with Crippen molar-refractivity contribution in [1.29, 1.82) is 0 Å². The largest absolute Gasteiger partial charge is 0.467 e. The number of hydrogen-bond donors (Lipinski definition) is 0. The second kappa shape index (κ2) is 7.84. The number of furan rings is 1. The van der Waals surface area contributed by atoms with Gasteiger partial charge in [0.15, 0.2) is 0 Å². The second-order valence-corrected chi connectivity index (χ2v) is 6.73. The molecule has 0 saturated carbocycles. The molecule has 25 heavy (non-hydrogen) atoms. The first-order valence-corrected chi connectivity index (χ1v) is 8.61. The van der Waals surface area contributed by atoms with Crippen LogP contribution in [0.15, 0.2) is 27.3 Å². The summed E-state index contributed by atoms with van der Waals surface area (Å²) in [6.07, 6.45) is 1.52. The van der Waals surface area contributed by atoms with Gasteiger partial charge in [-0.25, -0.2) is 0 Å². The van der Waals surface area contributed by atoms with Crippen LogP contribution in [0.3, 0.4) is 0 Å². The molecule has 7 heteroatoms. The molecule has 3 rings (SSSR count). The molecule has 2 aromatic rings. The minimum absolute atomic E-state index is 0.0916. The highest BCUT2D eigenvalue weighted by molar-refractivity contribution is 5.93. The quantitative estimate of drug-likeness (QED) is 0.799. The third kappa shape index (κ3) is 4.49. The maximum atomic E-state index is 12.6.